The van der Waals surface area contributed by atoms with Crippen molar-refractivity contribution < 1.29 is 0 Å². The lowest BCUT2D eigenvalue weighted by Gasteiger charge is -2.18. The van der Waals surface area contributed by atoms with Crippen LogP contribution in [0.4, 0.5) is 0 Å². The summed E-state index contributed by atoms with van der Waals surface area (Å²) in [6, 6.07) is 0.734. The summed E-state index contributed by atoms with van der Waals surface area (Å²) in [5.74, 6) is 1.26. The minimum atomic E-state index is 0.546. The summed E-state index contributed by atoms with van der Waals surface area (Å²) in [4.78, 5) is 2.22. The van der Waals surface area contributed by atoms with Crippen molar-refractivity contribution in [2.75, 3.05) is 19.8 Å². The predicted molar refractivity (Wildman–Crippen MR) is 47.1 cm³/mol. The molecule has 1 aliphatic heterocycles. The topological polar surface area (TPSA) is 15.3 Å². The highest BCUT2D eigenvalue weighted by atomic mass is 32.2. The van der Waals surface area contributed by atoms with Gasteiger partial charge in [-0.1, -0.05) is 6.92 Å². The molecule has 0 saturated carbocycles. The van der Waals surface area contributed by atoms with E-state index >= 15 is 0 Å². The highest BCUT2D eigenvalue weighted by Gasteiger charge is 2.23. The highest BCUT2D eigenvalue weighted by Crippen LogP contribution is 2.21. The van der Waals surface area contributed by atoms with Crippen molar-refractivity contribution in [3.63, 3.8) is 0 Å². The van der Waals surface area contributed by atoms with Gasteiger partial charge in [-0.05, 0) is 20.5 Å². The normalized spacial score (nSPS) is 33.6. The maximum atomic E-state index is 3.53. The molecule has 0 aliphatic carbocycles. The fraction of sp³-hybridized carbons (Fsp3) is 1.00. The minimum absolute atomic E-state index is 0.546. The summed E-state index contributed by atoms with van der Waals surface area (Å²) in [6.45, 7) is 2.23. The molecule has 0 amide bonds. The molecule has 1 fully saturated rings. The second-order valence-corrected chi connectivity index (χ2v) is 4.03. The van der Waals surface area contributed by atoms with Crippen LogP contribution in [0.1, 0.15) is 13.3 Å². The van der Waals surface area contributed by atoms with E-state index in [4.69, 9.17) is 0 Å². The molecule has 1 saturated heterocycles. The molecule has 10 heavy (non-hydrogen) atoms. The second kappa shape index (κ2) is 3.60. The summed E-state index contributed by atoms with van der Waals surface area (Å²) in [5, 5.41) is 3.53. The van der Waals surface area contributed by atoms with E-state index < -0.39 is 0 Å². The molecule has 0 aromatic carbocycles. The Morgan fingerprint density at radius 2 is 2.30 bits per heavy atom. The molecule has 0 aromatic rings. The Labute approximate surface area is 67.4 Å². The molecule has 3 heteroatoms. The first-order valence-corrected chi connectivity index (χ1v) is 4.83. The van der Waals surface area contributed by atoms with E-state index in [1.807, 2.05) is 11.8 Å². The van der Waals surface area contributed by atoms with Crippen molar-refractivity contribution in [2.45, 2.75) is 24.9 Å². The number of hydrogen-bond acceptors (Lipinski definition) is 3. The number of thioether (sulfide) groups is 1. The molecule has 1 aliphatic rings. The summed E-state index contributed by atoms with van der Waals surface area (Å²) in [5.41, 5.74) is 0.546. The van der Waals surface area contributed by atoms with Gasteiger partial charge in [0.15, 0.2) is 0 Å². The minimum Gasteiger partial charge on any atom is -0.290 e. The Morgan fingerprint density at radius 1 is 1.60 bits per heavy atom. The average Bonchev–Trinajstić information content (AvgIpc) is 2.34. The number of nitrogens with zero attached hydrogens (tertiary/aromatic N) is 1. The molecule has 1 N–H and O–H groups in total. The van der Waals surface area contributed by atoms with E-state index in [0.717, 1.165) is 6.04 Å². The summed E-state index contributed by atoms with van der Waals surface area (Å²) in [6.07, 6.45) is 1.25. The molecule has 0 aromatic heterocycles. The van der Waals surface area contributed by atoms with Gasteiger partial charge in [0.05, 0.1) is 0 Å². The monoisotopic (exact) mass is 160 g/mol. The SMILES string of the molecule is CCC1CS[C@@H](N(C)C)N1. The van der Waals surface area contributed by atoms with Crippen LogP contribution in [0.25, 0.3) is 0 Å². The smallest absolute Gasteiger partial charge is 0.108 e. The molecule has 1 rings (SSSR count). The highest BCUT2D eigenvalue weighted by molar-refractivity contribution is 8.00. The van der Waals surface area contributed by atoms with Gasteiger partial charge in [0.1, 0.15) is 5.50 Å². The first-order valence-electron chi connectivity index (χ1n) is 3.78. The predicted octanol–water partition coefficient (Wildman–Crippen LogP) is 0.947. The van der Waals surface area contributed by atoms with Crippen molar-refractivity contribution in [1.29, 1.82) is 0 Å². The van der Waals surface area contributed by atoms with Crippen LogP contribution in [-0.4, -0.2) is 36.3 Å². The van der Waals surface area contributed by atoms with Crippen LogP contribution in [-0.2, 0) is 0 Å². The number of hydrogen-bond donors (Lipinski definition) is 1. The van der Waals surface area contributed by atoms with Crippen molar-refractivity contribution in [1.82, 2.24) is 10.2 Å². The molecule has 0 radical (unpaired) electrons. The van der Waals surface area contributed by atoms with Crippen LogP contribution in [0.2, 0.25) is 0 Å². The Balaban J connectivity index is 2.28. The molecule has 2 atom stereocenters. The first-order chi connectivity index (χ1) is 4.74. The van der Waals surface area contributed by atoms with Gasteiger partial charge < -0.3 is 0 Å². The van der Waals surface area contributed by atoms with Gasteiger partial charge in [0.25, 0.3) is 0 Å². The zero-order valence-corrected chi connectivity index (χ0v) is 7.74. The van der Waals surface area contributed by atoms with Crippen molar-refractivity contribution in [3.8, 4) is 0 Å². The van der Waals surface area contributed by atoms with E-state index in [1.54, 1.807) is 0 Å². The maximum Gasteiger partial charge on any atom is 0.108 e. The quantitative estimate of drug-likeness (QED) is 0.647. The van der Waals surface area contributed by atoms with Crippen molar-refractivity contribution >= 4 is 11.8 Å². The molecular formula is C7H16N2S. The van der Waals surface area contributed by atoms with Gasteiger partial charge in [0, 0.05) is 11.8 Å². The third-order valence-electron chi connectivity index (χ3n) is 1.80. The van der Waals surface area contributed by atoms with Crippen LogP contribution in [0.5, 0.6) is 0 Å². The summed E-state index contributed by atoms with van der Waals surface area (Å²) < 4.78 is 0. The molecular weight excluding hydrogens is 144 g/mol. The lowest BCUT2D eigenvalue weighted by atomic mass is 10.3. The van der Waals surface area contributed by atoms with Gasteiger partial charge in [-0.2, -0.15) is 0 Å². The third-order valence-corrected chi connectivity index (χ3v) is 3.26. The van der Waals surface area contributed by atoms with E-state index in [-0.39, 0.29) is 0 Å². The standard InChI is InChI=1S/C7H16N2S/c1-4-6-5-10-7(8-6)9(2)3/h6-8H,4-5H2,1-3H3/t6?,7-/m1/s1. The number of nitrogens with one attached hydrogen (secondary N) is 1. The van der Waals surface area contributed by atoms with Crippen molar-refractivity contribution in [2.24, 2.45) is 0 Å². The van der Waals surface area contributed by atoms with E-state index in [9.17, 15) is 0 Å². The first kappa shape index (κ1) is 8.37. The molecule has 60 valence electrons. The van der Waals surface area contributed by atoms with Crippen molar-refractivity contribution in [3.05, 3.63) is 0 Å². The van der Waals surface area contributed by atoms with Gasteiger partial charge >= 0.3 is 0 Å². The van der Waals surface area contributed by atoms with E-state index in [2.05, 4.69) is 31.2 Å². The number of rotatable bonds is 2. The Kier molecular flexibility index (Phi) is 3.01. The molecule has 2 nitrogen and oxygen atoms in total. The molecule has 1 heterocycles. The van der Waals surface area contributed by atoms with Gasteiger partial charge in [-0.3, -0.25) is 10.2 Å². The maximum absolute atomic E-state index is 3.53. The average molecular weight is 160 g/mol. The Morgan fingerprint density at radius 3 is 2.60 bits per heavy atom. The Hall–Kier alpha value is 0.270. The van der Waals surface area contributed by atoms with Gasteiger partial charge in [-0.15, -0.1) is 11.8 Å². The largest absolute Gasteiger partial charge is 0.290 e. The molecule has 0 spiro atoms. The molecule has 1 unspecified atom stereocenters. The summed E-state index contributed by atoms with van der Waals surface area (Å²) in [7, 11) is 4.23. The van der Waals surface area contributed by atoms with Crippen LogP contribution >= 0.6 is 11.8 Å². The van der Waals surface area contributed by atoms with Gasteiger partial charge in [-0.25, -0.2) is 0 Å². The Bertz CT molecular complexity index is 106. The van der Waals surface area contributed by atoms with Crippen LogP contribution in [0.15, 0.2) is 0 Å². The zero-order chi connectivity index (χ0) is 7.56. The van der Waals surface area contributed by atoms with E-state index in [1.165, 1.54) is 12.2 Å². The van der Waals surface area contributed by atoms with E-state index in [0.29, 0.717) is 5.50 Å². The van der Waals surface area contributed by atoms with Crippen LogP contribution < -0.4 is 5.32 Å². The lowest BCUT2D eigenvalue weighted by Crippen LogP contribution is -2.38. The second-order valence-electron chi connectivity index (χ2n) is 2.92. The molecule has 0 bridgehead atoms. The zero-order valence-electron chi connectivity index (χ0n) is 6.92. The fourth-order valence-electron chi connectivity index (χ4n) is 1.04. The van der Waals surface area contributed by atoms with Gasteiger partial charge in [0.2, 0.25) is 0 Å². The fourth-order valence-corrected chi connectivity index (χ4v) is 2.37. The van der Waals surface area contributed by atoms with Crippen LogP contribution in [0, 0.1) is 0 Å². The van der Waals surface area contributed by atoms with Crippen LogP contribution in [0.3, 0.4) is 0 Å². The third kappa shape index (κ3) is 1.87. The summed E-state index contributed by atoms with van der Waals surface area (Å²) >= 11 is 2.00. The lowest BCUT2D eigenvalue weighted by molar-refractivity contribution is 0.325.